The van der Waals surface area contributed by atoms with Gasteiger partial charge in [-0.15, -0.1) is 0 Å². The Labute approximate surface area is 85.3 Å². The Balaban J connectivity index is 2.05. The predicted octanol–water partition coefficient (Wildman–Crippen LogP) is 1.68. The summed E-state index contributed by atoms with van der Waals surface area (Å²) < 4.78 is 10.3. The quantitative estimate of drug-likeness (QED) is 0.825. The summed E-state index contributed by atoms with van der Waals surface area (Å²) in [6.07, 6.45) is 0.0380. The summed E-state index contributed by atoms with van der Waals surface area (Å²) in [5, 5.41) is 8.40. The predicted molar refractivity (Wildman–Crippen MR) is 51.8 cm³/mol. The third kappa shape index (κ3) is 2.25. The zero-order chi connectivity index (χ0) is 10.7. The molecular formula is C10H9NO4. The van der Waals surface area contributed by atoms with E-state index in [1.54, 1.807) is 12.1 Å². The van der Waals surface area contributed by atoms with E-state index in [1.165, 1.54) is 0 Å². The van der Waals surface area contributed by atoms with Gasteiger partial charge in [-0.1, -0.05) is 12.1 Å². The molecule has 0 unspecified atom stereocenters. The monoisotopic (exact) mass is 207 g/mol. The van der Waals surface area contributed by atoms with Crippen molar-refractivity contribution in [3.8, 4) is 6.08 Å². The number of benzene rings is 1. The van der Waals surface area contributed by atoms with Crippen molar-refractivity contribution in [2.45, 2.75) is 6.42 Å². The number of nitrogens with zero attached hydrogens (tertiary/aromatic N) is 1. The number of carbonyl (C=O) groups is 1. The van der Waals surface area contributed by atoms with Gasteiger partial charge in [-0.25, -0.2) is 0 Å². The van der Waals surface area contributed by atoms with Crippen LogP contribution in [0.4, 0.5) is 0 Å². The summed E-state index contributed by atoms with van der Waals surface area (Å²) >= 11 is 0. The molecule has 15 heavy (non-hydrogen) atoms. The van der Waals surface area contributed by atoms with Crippen molar-refractivity contribution in [1.29, 1.82) is 0 Å². The Morgan fingerprint density at radius 1 is 1.47 bits per heavy atom. The molecule has 0 aliphatic heterocycles. The SMILES string of the molecule is O=C(O)CCOc1nc2ccccc2o1. The number of para-hydroxylation sites is 2. The van der Waals surface area contributed by atoms with Crippen molar-refractivity contribution < 1.29 is 19.1 Å². The summed E-state index contributed by atoms with van der Waals surface area (Å²) in [7, 11) is 0. The highest BCUT2D eigenvalue weighted by atomic mass is 16.6. The Kier molecular flexibility index (Phi) is 2.53. The lowest BCUT2D eigenvalue weighted by Crippen LogP contribution is -2.04. The lowest BCUT2D eigenvalue weighted by Gasteiger charge is -1.96. The van der Waals surface area contributed by atoms with Gasteiger partial charge in [-0.2, -0.15) is 4.98 Å². The number of aliphatic carboxylic acids is 1. The molecular weight excluding hydrogens is 198 g/mol. The highest BCUT2D eigenvalue weighted by molar-refractivity contribution is 5.72. The van der Waals surface area contributed by atoms with Crippen LogP contribution in [0.15, 0.2) is 28.7 Å². The van der Waals surface area contributed by atoms with Gasteiger partial charge in [0.25, 0.3) is 0 Å². The normalized spacial score (nSPS) is 10.4. The fraction of sp³-hybridized carbons (Fsp3) is 0.200. The van der Waals surface area contributed by atoms with E-state index in [9.17, 15) is 4.79 Å². The number of ether oxygens (including phenoxy) is 1. The van der Waals surface area contributed by atoms with E-state index in [0.717, 1.165) is 0 Å². The maximum absolute atomic E-state index is 10.2. The van der Waals surface area contributed by atoms with E-state index in [0.29, 0.717) is 11.1 Å². The van der Waals surface area contributed by atoms with E-state index >= 15 is 0 Å². The second-order valence-electron chi connectivity index (χ2n) is 2.94. The van der Waals surface area contributed by atoms with Crippen LogP contribution in [0.5, 0.6) is 6.08 Å². The topological polar surface area (TPSA) is 72.6 Å². The van der Waals surface area contributed by atoms with Gasteiger partial charge in [0.1, 0.15) is 12.1 Å². The molecule has 1 heterocycles. The van der Waals surface area contributed by atoms with Gasteiger partial charge in [0.15, 0.2) is 5.58 Å². The molecule has 5 heteroatoms. The lowest BCUT2D eigenvalue weighted by atomic mass is 10.3. The van der Waals surface area contributed by atoms with E-state index in [2.05, 4.69) is 4.98 Å². The Bertz CT molecular complexity index is 444. The fourth-order valence-corrected chi connectivity index (χ4v) is 1.14. The van der Waals surface area contributed by atoms with E-state index in [4.69, 9.17) is 14.3 Å². The Hall–Kier alpha value is -2.04. The van der Waals surface area contributed by atoms with Gasteiger partial charge in [-0.05, 0) is 12.1 Å². The molecule has 0 aliphatic carbocycles. The van der Waals surface area contributed by atoms with Gasteiger partial charge in [-0.3, -0.25) is 4.79 Å². The molecule has 0 spiro atoms. The molecule has 1 N–H and O–H groups in total. The first-order valence-electron chi connectivity index (χ1n) is 4.46. The zero-order valence-electron chi connectivity index (χ0n) is 7.84. The van der Waals surface area contributed by atoms with Gasteiger partial charge in [0, 0.05) is 0 Å². The second kappa shape index (κ2) is 4.00. The molecule has 1 aromatic heterocycles. The van der Waals surface area contributed by atoms with Crippen molar-refractivity contribution in [2.75, 3.05) is 6.61 Å². The minimum atomic E-state index is -0.911. The molecule has 0 amide bonds. The number of carboxylic acid groups (broad SMARTS) is 1. The van der Waals surface area contributed by atoms with Crippen LogP contribution in [-0.4, -0.2) is 22.7 Å². The van der Waals surface area contributed by atoms with Gasteiger partial charge < -0.3 is 14.3 Å². The third-order valence-electron chi connectivity index (χ3n) is 1.82. The van der Waals surface area contributed by atoms with Gasteiger partial charge >= 0.3 is 12.0 Å². The van der Waals surface area contributed by atoms with Crippen LogP contribution in [-0.2, 0) is 4.79 Å². The largest absolute Gasteiger partial charge is 0.481 e. The second-order valence-corrected chi connectivity index (χ2v) is 2.94. The maximum atomic E-state index is 10.2. The van der Waals surface area contributed by atoms with Crippen LogP contribution >= 0.6 is 0 Å². The van der Waals surface area contributed by atoms with Gasteiger partial charge in [0.2, 0.25) is 0 Å². The Morgan fingerprint density at radius 3 is 3.00 bits per heavy atom. The highest BCUT2D eigenvalue weighted by Gasteiger charge is 2.06. The minimum Gasteiger partial charge on any atom is -0.481 e. The summed E-state index contributed by atoms with van der Waals surface area (Å²) in [6.45, 7) is 0.0577. The minimum absolute atomic E-state index is 0.0577. The maximum Gasteiger partial charge on any atom is 0.394 e. The van der Waals surface area contributed by atoms with Crippen molar-refractivity contribution in [3.63, 3.8) is 0 Å². The highest BCUT2D eigenvalue weighted by Crippen LogP contribution is 2.19. The number of oxazole rings is 1. The third-order valence-corrected chi connectivity index (χ3v) is 1.82. The Morgan fingerprint density at radius 2 is 2.27 bits per heavy atom. The smallest absolute Gasteiger partial charge is 0.394 e. The molecule has 0 atom stereocenters. The average molecular weight is 207 g/mol. The fourth-order valence-electron chi connectivity index (χ4n) is 1.14. The van der Waals surface area contributed by atoms with Crippen LogP contribution in [0.25, 0.3) is 11.1 Å². The molecule has 0 saturated heterocycles. The number of fused-ring (bicyclic) bond motifs is 1. The van der Waals surface area contributed by atoms with Crippen molar-refractivity contribution >= 4 is 17.1 Å². The molecule has 1 aromatic carbocycles. The molecule has 0 bridgehead atoms. The number of rotatable bonds is 4. The molecule has 0 radical (unpaired) electrons. The zero-order valence-corrected chi connectivity index (χ0v) is 7.84. The summed E-state index contributed by atoms with van der Waals surface area (Å²) in [4.78, 5) is 14.3. The van der Waals surface area contributed by atoms with Crippen LogP contribution in [0.1, 0.15) is 6.42 Å². The first-order chi connectivity index (χ1) is 7.25. The molecule has 5 nitrogen and oxygen atoms in total. The first-order valence-corrected chi connectivity index (χ1v) is 4.46. The van der Waals surface area contributed by atoms with E-state index < -0.39 is 5.97 Å². The number of aromatic nitrogens is 1. The molecule has 0 fully saturated rings. The summed E-state index contributed by atoms with van der Waals surface area (Å²) in [5.74, 6) is -0.911. The van der Waals surface area contributed by atoms with Crippen LogP contribution in [0, 0.1) is 0 Å². The summed E-state index contributed by atoms with van der Waals surface area (Å²) in [6, 6.07) is 7.23. The van der Waals surface area contributed by atoms with E-state index in [-0.39, 0.29) is 19.1 Å². The van der Waals surface area contributed by atoms with Gasteiger partial charge in [0.05, 0.1) is 6.42 Å². The van der Waals surface area contributed by atoms with Crippen molar-refractivity contribution in [1.82, 2.24) is 4.98 Å². The lowest BCUT2D eigenvalue weighted by molar-refractivity contribution is -0.137. The first kappa shape index (κ1) is 9.51. The van der Waals surface area contributed by atoms with Crippen molar-refractivity contribution in [3.05, 3.63) is 24.3 Å². The standard InChI is InChI=1S/C10H9NO4/c12-9(13)5-6-14-10-11-7-3-1-2-4-8(7)15-10/h1-4H,5-6H2,(H,12,13). The summed E-state index contributed by atoms with van der Waals surface area (Å²) in [5.41, 5.74) is 1.32. The molecule has 0 aliphatic rings. The van der Waals surface area contributed by atoms with Crippen LogP contribution in [0.2, 0.25) is 0 Å². The number of hydrogen-bond acceptors (Lipinski definition) is 4. The van der Waals surface area contributed by atoms with Crippen LogP contribution in [0.3, 0.4) is 0 Å². The molecule has 78 valence electrons. The molecule has 0 saturated carbocycles. The molecule has 2 aromatic rings. The number of carboxylic acids is 1. The average Bonchev–Trinajstić information content (AvgIpc) is 2.59. The van der Waals surface area contributed by atoms with Crippen LogP contribution < -0.4 is 4.74 Å². The molecule has 2 rings (SSSR count). The van der Waals surface area contributed by atoms with Crippen molar-refractivity contribution in [2.24, 2.45) is 0 Å². The van der Waals surface area contributed by atoms with E-state index in [1.807, 2.05) is 12.1 Å². The number of hydrogen-bond donors (Lipinski definition) is 1.